The molecule has 3 atom stereocenters. The molecule has 0 fully saturated rings. The monoisotopic (exact) mass is 507 g/mol. The highest BCUT2D eigenvalue weighted by Crippen LogP contribution is 2.27. The summed E-state index contributed by atoms with van der Waals surface area (Å²) < 4.78 is 9.86. The number of benzene rings is 1. The van der Waals surface area contributed by atoms with Gasteiger partial charge in [-0.3, -0.25) is 14.4 Å². The summed E-state index contributed by atoms with van der Waals surface area (Å²) in [6.45, 7) is 9.89. The number of hydrogen-bond acceptors (Lipinski definition) is 7. The van der Waals surface area contributed by atoms with E-state index in [1.54, 1.807) is 51.1 Å². The van der Waals surface area contributed by atoms with Gasteiger partial charge in [-0.1, -0.05) is 44.2 Å². The quantitative estimate of drug-likeness (QED) is 0.370. The van der Waals surface area contributed by atoms with Gasteiger partial charge in [0, 0.05) is 6.04 Å². The molecule has 0 heterocycles. The fraction of sp³-hybridized carbons (Fsp3) is 0.615. The normalized spacial score (nSPS) is 13.8. The number of hydrogen-bond donors (Lipinski definition) is 3. The number of nitrogens with one attached hydrogen (secondary N) is 2. The van der Waals surface area contributed by atoms with E-state index in [-0.39, 0.29) is 6.54 Å². The second-order valence-corrected chi connectivity index (χ2v) is 10.1. The Kier molecular flexibility index (Phi) is 12.4. The molecule has 36 heavy (non-hydrogen) atoms. The topological polar surface area (TPSA) is 134 Å². The molecular formula is C26H41N3O7. The standard InChI is InChI=1S/C26H41N3O7/c1-17(2)13-14-18(3)29(24(33)20(16-30)28-25(34)36-26(4,5)6)22(19-11-9-8-10-12-19)23(32)27-15-21(31)35-7/h8-12,17-18,20,22,30H,13-16H2,1-7H3,(H,27,32)(H,28,34). The van der Waals surface area contributed by atoms with Crippen LogP contribution in [-0.2, 0) is 23.9 Å². The van der Waals surface area contributed by atoms with Gasteiger partial charge in [-0.25, -0.2) is 4.79 Å². The summed E-state index contributed by atoms with van der Waals surface area (Å²) in [7, 11) is 1.21. The van der Waals surface area contributed by atoms with Gasteiger partial charge in [0.2, 0.25) is 11.8 Å². The minimum absolute atomic E-state index is 0.348. The van der Waals surface area contributed by atoms with Crippen LogP contribution < -0.4 is 10.6 Å². The molecule has 0 aromatic heterocycles. The third kappa shape index (κ3) is 10.2. The molecule has 10 nitrogen and oxygen atoms in total. The zero-order valence-electron chi connectivity index (χ0n) is 22.4. The van der Waals surface area contributed by atoms with Gasteiger partial charge in [-0.05, 0) is 52.0 Å². The Balaban J connectivity index is 3.43. The third-order valence-corrected chi connectivity index (χ3v) is 5.34. The number of amides is 3. The Morgan fingerprint density at radius 2 is 1.64 bits per heavy atom. The SMILES string of the molecule is COC(=O)CNC(=O)C(c1ccccc1)N(C(=O)C(CO)NC(=O)OC(C)(C)C)C(C)CCC(C)C. The van der Waals surface area contributed by atoms with Crippen molar-refractivity contribution >= 4 is 23.9 Å². The summed E-state index contributed by atoms with van der Waals surface area (Å²) in [4.78, 5) is 52.6. The zero-order valence-corrected chi connectivity index (χ0v) is 22.4. The largest absolute Gasteiger partial charge is 0.468 e. The van der Waals surface area contributed by atoms with Gasteiger partial charge in [-0.15, -0.1) is 0 Å². The van der Waals surface area contributed by atoms with Crippen molar-refractivity contribution in [1.82, 2.24) is 15.5 Å². The molecule has 10 heteroatoms. The summed E-state index contributed by atoms with van der Waals surface area (Å²) in [5, 5.41) is 15.0. The highest BCUT2D eigenvalue weighted by Gasteiger charge is 2.38. The lowest BCUT2D eigenvalue weighted by atomic mass is 9.97. The van der Waals surface area contributed by atoms with E-state index >= 15 is 0 Å². The van der Waals surface area contributed by atoms with Crippen LogP contribution in [-0.4, -0.2) is 71.8 Å². The van der Waals surface area contributed by atoms with Gasteiger partial charge >= 0.3 is 12.1 Å². The fourth-order valence-corrected chi connectivity index (χ4v) is 3.53. The number of aliphatic hydroxyl groups is 1. The van der Waals surface area contributed by atoms with E-state index in [0.717, 1.165) is 6.42 Å². The number of esters is 1. The Morgan fingerprint density at radius 3 is 2.14 bits per heavy atom. The van der Waals surface area contributed by atoms with E-state index < -0.39 is 54.2 Å². The van der Waals surface area contributed by atoms with Gasteiger partial charge < -0.3 is 30.1 Å². The predicted molar refractivity (Wildman–Crippen MR) is 135 cm³/mol. The predicted octanol–water partition coefficient (Wildman–Crippen LogP) is 2.56. The second-order valence-electron chi connectivity index (χ2n) is 10.1. The lowest BCUT2D eigenvalue weighted by Gasteiger charge is -2.38. The van der Waals surface area contributed by atoms with Crippen molar-refractivity contribution in [2.75, 3.05) is 20.3 Å². The Morgan fingerprint density at radius 1 is 1.03 bits per heavy atom. The van der Waals surface area contributed by atoms with Crippen molar-refractivity contribution in [1.29, 1.82) is 0 Å². The van der Waals surface area contributed by atoms with E-state index in [4.69, 9.17) is 4.74 Å². The number of carbonyl (C=O) groups is 4. The van der Waals surface area contributed by atoms with Crippen molar-refractivity contribution in [3.8, 4) is 0 Å². The maximum atomic E-state index is 13.8. The Bertz CT molecular complexity index is 868. The lowest BCUT2D eigenvalue weighted by Crippen LogP contribution is -2.57. The first-order valence-electron chi connectivity index (χ1n) is 12.1. The van der Waals surface area contributed by atoms with Crippen LogP contribution in [0.15, 0.2) is 30.3 Å². The van der Waals surface area contributed by atoms with Crippen LogP contribution in [0.2, 0.25) is 0 Å². The molecule has 3 N–H and O–H groups in total. The minimum Gasteiger partial charge on any atom is -0.468 e. The summed E-state index contributed by atoms with van der Waals surface area (Å²) in [6.07, 6.45) is 0.484. The zero-order chi connectivity index (χ0) is 27.5. The van der Waals surface area contributed by atoms with Crippen LogP contribution in [0, 0.1) is 5.92 Å². The average Bonchev–Trinajstić information content (AvgIpc) is 2.81. The molecular weight excluding hydrogens is 466 g/mol. The lowest BCUT2D eigenvalue weighted by molar-refractivity contribution is -0.147. The van der Waals surface area contributed by atoms with Gasteiger partial charge in [0.1, 0.15) is 24.2 Å². The van der Waals surface area contributed by atoms with Crippen molar-refractivity contribution in [3.63, 3.8) is 0 Å². The van der Waals surface area contributed by atoms with Gasteiger partial charge in [-0.2, -0.15) is 0 Å². The van der Waals surface area contributed by atoms with Crippen molar-refractivity contribution < 1.29 is 33.8 Å². The molecule has 3 amide bonds. The second kappa shape index (κ2) is 14.4. The highest BCUT2D eigenvalue weighted by molar-refractivity contribution is 5.93. The van der Waals surface area contributed by atoms with Crippen LogP contribution in [0.3, 0.4) is 0 Å². The molecule has 0 saturated carbocycles. The Labute approximate surface area is 213 Å². The minimum atomic E-state index is -1.35. The highest BCUT2D eigenvalue weighted by atomic mass is 16.6. The van der Waals surface area contributed by atoms with E-state index in [2.05, 4.69) is 29.2 Å². The number of aliphatic hydroxyl groups excluding tert-OH is 1. The van der Waals surface area contributed by atoms with Crippen LogP contribution in [0.1, 0.15) is 66.0 Å². The molecule has 202 valence electrons. The first-order chi connectivity index (χ1) is 16.8. The number of alkyl carbamates (subject to hydrolysis) is 1. The van der Waals surface area contributed by atoms with Crippen molar-refractivity contribution in [2.45, 2.75) is 78.1 Å². The average molecular weight is 508 g/mol. The van der Waals surface area contributed by atoms with Gasteiger partial charge in [0.15, 0.2) is 0 Å². The van der Waals surface area contributed by atoms with Crippen LogP contribution in [0.25, 0.3) is 0 Å². The smallest absolute Gasteiger partial charge is 0.408 e. The van der Waals surface area contributed by atoms with E-state index in [1.165, 1.54) is 12.0 Å². The van der Waals surface area contributed by atoms with E-state index in [9.17, 15) is 24.3 Å². The maximum Gasteiger partial charge on any atom is 0.408 e. The first kappa shape index (κ1) is 30.9. The van der Waals surface area contributed by atoms with Gasteiger partial charge in [0.05, 0.1) is 13.7 Å². The molecule has 1 aromatic carbocycles. The third-order valence-electron chi connectivity index (χ3n) is 5.34. The fourth-order valence-electron chi connectivity index (χ4n) is 3.53. The van der Waals surface area contributed by atoms with Crippen LogP contribution in [0.4, 0.5) is 4.79 Å². The van der Waals surface area contributed by atoms with E-state index in [0.29, 0.717) is 17.9 Å². The van der Waals surface area contributed by atoms with E-state index in [1.807, 2.05) is 6.92 Å². The van der Waals surface area contributed by atoms with Gasteiger partial charge in [0.25, 0.3) is 0 Å². The van der Waals surface area contributed by atoms with Crippen LogP contribution >= 0.6 is 0 Å². The number of rotatable bonds is 12. The summed E-state index contributed by atoms with van der Waals surface area (Å²) in [5.74, 6) is -1.53. The molecule has 0 aliphatic carbocycles. The number of nitrogens with zero attached hydrogens (tertiary/aromatic N) is 1. The molecule has 0 aliphatic rings. The molecule has 1 aromatic rings. The summed E-state index contributed by atoms with van der Waals surface area (Å²) in [5.41, 5.74) is -0.295. The Hall–Kier alpha value is -3.14. The van der Waals surface area contributed by atoms with Crippen LogP contribution in [0.5, 0.6) is 0 Å². The van der Waals surface area contributed by atoms with Crippen molar-refractivity contribution in [2.24, 2.45) is 5.92 Å². The first-order valence-corrected chi connectivity index (χ1v) is 12.1. The summed E-state index contributed by atoms with van der Waals surface area (Å²) >= 11 is 0. The number of ether oxygens (including phenoxy) is 2. The molecule has 1 rings (SSSR count). The molecule has 0 radical (unpaired) electrons. The van der Waals surface area contributed by atoms with Crippen molar-refractivity contribution in [3.05, 3.63) is 35.9 Å². The number of carbonyl (C=O) groups excluding carboxylic acids is 4. The number of methoxy groups -OCH3 is 1. The summed E-state index contributed by atoms with van der Waals surface area (Å²) in [6, 6.07) is 5.74. The maximum absolute atomic E-state index is 13.8. The molecule has 3 unspecified atom stereocenters. The molecule has 0 bridgehead atoms. The molecule has 0 spiro atoms. The molecule has 0 saturated heterocycles. The molecule has 0 aliphatic heterocycles.